The van der Waals surface area contributed by atoms with Crippen LogP contribution in [-0.4, -0.2) is 25.6 Å². The van der Waals surface area contributed by atoms with Crippen molar-refractivity contribution in [3.05, 3.63) is 48.0 Å². The Kier molecular flexibility index (Phi) is 5.70. The van der Waals surface area contributed by atoms with Crippen molar-refractivity contribution in [1.82, 2.24) is 0 Å². The highest BCUT2D eigenvalue weighted by Crippen LogP contribution is 2.18. The zero-order valence-electron chi connectivity index (χ0n) is 8.80. The summed E-state index contributed by atoms with van der Waals surface area (Å²) in [4.78, 5) is 0. The Morgan fingerprint density at radius 2 is 2.07 bits per heavy atom. The topological polar surface area (TPSA) is 38.7 Å². The van der Waals surface area contributed by atoms with E-state index in [1.807, 2.05) is 36.4 Å². The molecule has 1 rings (SSSR count). The predicted octanol–water partition coefficient (Wildman–Crippen LogP) is 1.90. The van der Waals surface area contributed by atoms with Crippen molar-refractivity contribution in [2.45, 2.75) is 6.10 Å². The lowest BCUT2D eigenvalue weighted by atomic mass is 10.1. The van der Waals surface area contributed by atoms with E-state index in [0.717, 1.165) is 5.56 Å². The lowest BCUT2D eigenvalue weighted by molar-refractivity contribution is -0.0568. The monoisotopic (exact) mass is 208 g/mol. The van der Waals surface area contributed by atoms with Gasteiger partial charge in [-0.25, -0.2) is 0 Å². The number of hydrogen-bond acceptors (Lipinski definition) is 3. The first-order chi connectivity index (χ1) is 7.38. The fraction of sp³-hybridized carbons (Fsp3) is 0.333. The molecule has 0 aliphatic heterocycles. The number of hydrogen-bond donors (Lipinski definition) is 1. The Morgan fingerprint density at radius 1 is 1.33 bits per heavy atom. The van der Waals surface area contributed by atoms with E-state index in [4.69, 9.17) is 14.6 Å². The second kappa shape index (κ2) is 7.17. The summed E-state index contributed by atoms with van der Waals surface area (Å²) in [5.41, 5.74) is 1.04. The van der Waals surface area contributed by atoms with Crippen LogP contribution in [0.1, 0.15) is 11.7 Å². The smallest absolute Gasteiger partial charge is 0.147 e. The molecule has 0 spiro atoms. The molecular weight excluding hydrogens is 192 g/mol. The fourth-order valence-electron chi connectivity index (χ4n) is 1.23. The van der Waals surface area contributed by atoms with Crippen molar-refractivity contribution >= 4 is 0 Å². The number of benzene rings is 1. The average molecular weight is 208 g/mol. The minimum absolute atomic E-state index is 0.0136. The van der Waals surface area contributed by atoms with Gasteiger partial charge in [0.1, 0.15) is 12.9 Å². The summed E-state index contributed by atoms with van der Waals surface area (Å²) in [7, 11) is 1.58. The summed E-state index contributed by atoms with van der Waals surface area (Å²) in [5, 5.41) is 8.71. The molecule has 0 heterocycles. The van der Waals surface area contributed by atoms with Crippen LogP contribution >= 0.6 is 0 Å². The second-order valence-corrected chi connectivity index (χ2v) is 3.02. The third-order valence-corrected chi connectivity index (χ3v) is 1.91. The molecule has 1 atom stereocenters. The molecule has 82 valence electrons. The maximum absolute atomic E-state index is 8.71. The molecule has 1 aromatic rings. The predicted molar refractivity (Wildman–Crippen MR) is 58.4 cm³/mol. The summed E-state index contributed by atoms with van der Waals surface area (Å²) in [6.45, 7) is 0.245. The summed E-state index contributed by atoms with van der Waals surface area (Å²) >= 11 is 0. The van der Waals surface area contributed by atoms with Crippen LogP contribution < -0.4 is 0 Å². The van der Waals surface area contributed by atoms with E-state index in [2.05, 4.69) is 0 Å². The largest absolute Gasteiger partial charge is 0.392 e. The van der Waals surface area contributed by atoms with Gasteiger partial charge in [-0.15, -0.1) is 0 Å². The van der Waals surface area contributed by atoms with Crippen LogP contribution in [0.5, 0.6) is 0 Å². The molecule has 0 aliphatic rings. The highest BCUT2D eigenvalue weighted by atomic mass is 16.7. The molecule has 0 radical (unpaired) electrons. The minimum Gasteiger partial charge on any atom is -0.392 e. The van der Waals surface area contributed by atoms with Gasteiger partial charge in [0.25, 0.3) is 0 Å². The van der Waals surface area contributed by atoms with Gasteiger partial charge in [-0.05, 0) is 5.56 Å². The lowest BCUT2D eigenvalue weighted by Gasteiger charge is -2.13. The van der Waals surface area contributed by atoms with Crippen molar-refractivity contribution in [2.75, 3.05) is 20.5 Å². The van der Waals surface area contributed by atoms with Crippen molar-refractivity contribution in [3.63, 3.8) is 0 Å². The minimum atomic E-state index is -0.168. The number of aliphatic hydroxyl groups excluding tert-OH is 1. The van der Waals surface area contributed by atoms with E-state index < -0.39 is 0 Å². The molecule has 0 saturated carbocycles. The first-order valence-corrected chi connectivity index (χ1v) is 4.81. The van der Waals surface area contributed by atoms with Gasteiger partial charge in [0.15, 0.2) is 0 Å². The number of ether oxygens (including phenoxy) is 2. The third-order valence-electron chi connectivity index (χ3n) is 1.91. The molecule has 3 heteroatoms. The standard InChI is InChI=1S/C12H16O3/c1-14-10-15-12(8-5-9-13)11-6-3-2-4-7-11/h2-8,12-13H,9-10H2,1H3/b8-5+/t12-/m0/s1. The summed E-state index contributed by atoms with van der Waals surface area (Å²) in [6.07, 6.45) is 3.31. The Hall–Kier alpha value is -1.16. The molecule has 1 aromatic carbocycles. The van der Waals surface area contributed by atoms with E-state index in [1.54, 1.807) is 13.2 Å². The van der Waals surface area contributed by atoms with E-state index >= 15 is 0 Å². The van der Waals surface area contributed by atoms with Crippen LogP contribution in [0.3, 0.4) is 0 Å². The van der Waals surface area contributed by atoms with Crippen LogP contribution in [0.25, 0.3) is 0 Å². The molecule has 0 fully saturated rings. The van der Waals surface area contributed by atoms with Gasteiger partial charge in [-0.2, -0.15) is 0 Å². The lowest BCUT2D eigenvalue weighted by Crippen LogP contribution is -2.04. The molecule has 0 aromatic heterocycles. The van der Waals surface area contributed by atoms with Crippen LogP contribution in [0.4, 0.5) is 0 Å². The second-order valence-electron chi connectivity index (χ2n) is 3.02. The van der Waals surface area contributed by atoms with Gasteiger partial charge >= 0.3 is 0 Å². The van der Waals surface area contributed by atoms with Gasteiger partial charge < -0.3 is 14.6 Å². The normalized spacial score (nSPS) is 13.2. The Bertz CT molecular complexity index is 282. The van der Waals surface area contributed by atoms with Crippen molar-refractivity contribution in [2.24, 2.45) is 0 Å². The fourth-order valence-corrected chi connectivity index (χ4v) is 1.23. The van der Waals surface area contributed by atoms with Crippen LogP contribution in [-0.2, 0) is 9.47 Å². The highest BCUT2D eigenvalue weighted by molar-refractivity contribution is 5.21. The third kappa shape index (κ3) is 4.25. The molecule has 0 aliphatic carbocycles. The molecule has 0 unspecified atom stereocenters. The Labute approximate surface area is 90.0 Å². The number of methoxy groups -OCH3 is 1. The van der Waals surface area contributed by atoms with Gasteiger partial charge in [-0.1, -0.05) is 42.5 Å². The summed E-state index contributed by atoms with van der Waals surface area (Å²) in [6, 6.07) is 9.80. The molecule has 0 bridgehead atoms. The maximum atomic E-state index is 8.71. The van der Waals surface area contributed by atoms with Crippen LogP contribution in [0, 0.1) is 0 Å². The van der Waals surface area contributed by atoms with E-state index in [9.17, 15) is 0 Å². The molecular formula is C12H16O3. The Morgan fingerprint density at radius 3 is 2.67 bits per heavy atom. The van der Waals surface area contributed by atoms with Crippen LogP contribution in [0.2, 0.25) is 0 Å². The maximum Gasteiger partial charge on any atom is 0.147 e. The van der Waals surface area contributed by atoms with Gasteiger partial charge in [0.2, 0.25) is 0 Å². The molecule has 1 N–H and O–H groups in total. The Balaban J connectivity index is 2.67. The zero-order valence-corrected chi connectivity index (χ0v) is 8.80. The SMILES string of the molecule is COCO[C@@H](/C=C/CO)c1ccccc1. The number of aliphatic hydroxyl groups is 1. The van der Waals surface area contributed by atoms with Crippen molar-refractivity contribution < 1.29 is 14.6 Å². The van der Waals surface area contributed by atoms with Crippen LogP contribution in [0.15, 0.2) is 42.5 Å². The first-order valence-electron chi connectivity index (χ1n) is 4.81. The van der Waals surface area contributed by atoms with Gasteiger partial charge in [-0.3, -0.25) is 0 Å². The van der Waals surface area contributed by atoms with Crippen molar-refractivity contribution in [3.8, 4) is 0 Å². The van der Waals surface area contributed by atoms with E-state index in [1.165, 1.54) is 0 Å². The summed E-state index contributed by atoms with van der Waals surface area (Å²) < 4.78 is 10.3. The van der Waals surface area contributed by atoms with Gasteiger partial charge in [0.05, 0.1) is 6.61 Å². The van der Waals surface area contributed by atoms with E-state index in [0.29, 0.717) is 0 Å². The summed E-state index contributed by atoms with van der Waals surface area (Å²) in [5.74, 6) is 0. The van der Waals surface area contributed by atoms with Gasteiger partial charge in [0, 0.05) is 7.11 Å². The van der Waals surface area contributed by atoms with Crippen molar-refractivity contribution in [1.29, 1.82) is 0 Å². The van der Waals surface area contributed by atoms with E-state index in [-0.39, 0.29) is 19.5 Å². The molecule has 0 amide bonds. The zero-order chi connectivity index (χ0) is 10.9. The number of rotatable bonds is 6. The first kappa shape index (κ1) is 11.9. The highest BCUT2D eigenvalue weighted by Gasteiger charge is 2.06. The quantitative estimate of drug-likeness (QED) is 0.573. The molecule has 15 heavy (non-hydrogen) atoms. The average Bonchev–Trinajstić information content (AvgIpc) is 2.30. The molecule has 0 saturated heterocycles. The molecule has 3 nitrogen and oxygen atoms in total.